The Morgan fingerprint density at radius 3 is 2.75 bits per heavy atom. The van der Waals surface area contributed by atoms with Gasteiger partial charge in [-0.3, -0.25) is 4.90 Å². The second kappa shape index (κ2) is 8.28. The second-order valence-corrected chi connectivity index (χ2v) is 6.05. The van der Waals surface area contributed by atoms with Crippen LogP contribution < -0.4 is 16.6 Å². The number of hydrogen-bond donors (Lipinski definition) is 3. The maximum atomic E-state index is 5.45. The molecule has 2 heterocycles. The molecule has 1 saturated heterocycles. The lowest BCUT2D eigenvalue weighted by molar-refractivity contribution is 0.314. The Labute approximate surface area is 124 Å². The monoisotopic (exact) mass is 296 g/mol. The molecule has 2 rings (SSSR count). The Morgan fingerprint density at radius 2 is 2.05 bits per heavy atom. The van der Waals surface area contributed by atoms with E-state index in [-0.39, 0.29) is 0 Å². The SMILES string of the molecule is CCCc1nc(NN)cc(NCCN2CCSCC2)n1. The van der Waals surface area contributed by atoms with Crippen molar-refractivity contribution in [2.75, 3.05) is 48.4 Å². The van der Waals surface area contributed by atoms with Crippen LogP contribution in [0.25, 0.3) is 0 Å². The number of nitrogens with one attached hydrogen (secondary N) is 2. The molecule has 0 unspecified atom stereocenters. The number of nitrogen functional groups attached to an aromatic ring is 1. The van der Waals surface area contributed by atoms with Crippen LogP contribution in [0.4, 0.5) is 11.6 Å². The largest absolute Gasteiger partial charge is 0.369 e. The molecule has 20 heavy (non-hydrogen) atoms. The first-order chi connectivity index (χ1) is 9.81. The molecule has 0 saturated carbocycles. The Bertz CT molecular complexity index is 408. The molecule has 4 N–H and O–H groups in total. The molecule has 1 aromatic heterocycles. The quantitative estimate of drug-likeness (QED) is 0.515. The highest BCUT2D eigenvalue weighted by Gasteiger charge is 2.09. The number of rotatable bonds is 7. The Hall–Kier alpha value is -1.05. The lowest BCUT2D eigenvalue weighted by Crippen LogP contribution is -2.36. The highest BCUT2D eigenvalue weighted by molar-refractivity contribution is 7.99. The summed E-state index contributed by atoms with van der Waals surface area (Å²) in [6, 6.07) is 1.85. The zero-order valence-electron chi connectivity index (χ0n) is 12.1. The van der Waals surface area contributed by atoms with Gasteiger partial charge in [-0.15, -0.1) is 0 Å². The van der Waals surface area contributed by atoms with E-state index in [1.54, 1.807) is 0 Å². The second-order valence-electron chi connectivity index (χ2n) is 4.83. The van der Waals surface area contributed by atoms with Crippen LogP contribution >= 0.6 is 11.8 Å². The minimum Gasteiger partial charge on any atom is -0.369 e. The normalized spacial score (nSPS) is 16.1. The number of anilines is 2. The molecule has 1 fully saturated rings. The van der Waals surface area contributed by atoms with Crippen LogP contribution in [0.1, 0.15) is 19.2 Å². The van der Waals surface area contributed by atoms with Gasteiger partial charge in [-0.25, -0.2) is 15.8 Å². The smallest absolute Gasteiger partial charge is 0.145 e. The van der Waals surface area contributed by atoms with Crippen molar-refractivity contribution in [3.05, 3.63) is 11.9 Å². The van der Waals surface area contributed by atoms with Gasteiger partial charge in [0, 0.05) is 50.2 Å². The van der Waals surface area contributed by atoms with Gasteiger partial charge >= 0.3 is 0 Å². The van der Waals surface area contributed by atoms with Gasteiger partial charge in [-0.2, -0.15) is 11.8 Å². The van der Waals surface area contributed by atoms with Crippen molar-refractivity contribution < 1.29 is 0 Å². The van der Waals surface area contributed by atoms with E-state index in [9.17, 15) is 0 Å². The van der Waals surface area contributed by atoms with E-state index in [1.807, 2.05) is 17.8 Å². The molecule has 0 aliphatic carbocycles. The first-order valence-electron chi connectivity index (χ1n) is 7.20. The van der Waals surface area contributed by atoms with Crippen LogP contribution in [0.15, 0.2) is 6.07 Å². The first-order valence-corrected chi connectivity index (χ1v) is 8.36. The lowest BCUT2D eigenvalue weighted by atomic mass is 10.3. The molecule has 7 heteroatoms. The minimum atomic E-state index is 0.667. The molecule has 0 amide bonds. The maximum absolute atomic E-state index is 5.45. The van der Waals surface area contributed by atoms with Crippen LogP contribution in [0.5, 0.6) is 0 Å². The van der Waals surface area contributed by atoms with Crippen molar-refractivity contribution in [2.24, 2.45) is 5.84 Å². The van der Waals surface area contributed by atoms with E-state index in [4.69, 9.17) is 5.84 Å². The summed E-state index contributed by atoms with van der Waals surface area (Å²) >= 11 is 2.04. The third kappa shape index (κ3) is 4.81. The fourth-order valence-corrected chi connectivity index (χ4v) is 3.14. The number of aromatic nitrogens is 2. The first kappa shape index (κ1) is 15.3. The van der Waals surface area contributed by atoms with Crippen molar-refractivity contribution >= 4 is 23.4 Å². The molecule has 6 nitrogen and oxygen atoms in total. The summed E-state index contributed by atoms with van der Waals surface area (Å²) in [7, 11) is 0. The number of hydrogen-bond acceptors (Lipinski definition) is 7. The van der Waals surface area contributed by atoms with Gasteiger partial charge in [0.15, 0.2) is 0 Å². The Morgan fingerprint density at radius 1 is 1.30 bits per heavy atom. The van der Waals surface area contributed by atoms with Gasteiger partial charge in [-0.05, 0) is 6.42 Å². The van der Waals surface area contributed by atoms with Gasteiger partial charge in [0.1, 0.15) is 17.5 Å². The fourth-order valence-electron chi connectivity index (χ4n) is 2.16. The Balaban J connectivity index is 1.85. The third-order valence-electron chi connectivity index (χ3n) is 3.23. The van der Waals surface area contributed by atoms with Crippen LogP contribution in [0.2, 0.25) is 0 Å². The van der Waals surface area contributed by atoms with Gasteiger partial charge < -0.3 is 10.7 Å². The van der Waals surface area contributed by atoms with Crippen LogP contribution in [-0.2, 0) is 6.42 Å². The summed E-state index contributed by atoms with van der Waals surface area (Å²) in [6.07, 6.45) is 1.90. The summed E-state index contributed by atoms with van der Waals surface area (Å²) in [5, 5.41) is 3.37. The van der Waals surface area contributed by atoms with Crippen molar-refractivity contribution in [1.29, 1.82) is 0 Å². The molecule has 0 bridgehead atoms. The van der Waals surface area contributed by atoms with E-state index >= 15 is 0 Å². The minimum absolute atomic E-state index is 0.667. The summed E-state index contributed by atoms with van der Waals surface area (Å²) in [5.41, 5.74) is 2.60. The van der Waals surface area contributed by atoms with Crippen LogP contribution in [0.3, 0.4) is 0 Å². The van der Waals surface area contributed by atoms with Crippen molar-refractivity contribution in [1.82, 2.24) is 14.9 Å². The predicted octanol–water partition coefficient (Wildman–Crippen LogP) is 1.18. The number of nitrogens with two attached hydrogens (primary N) is 1. The number of aryl methyl sites for hydroxylation is 1. The molecule has 0 aromatic carbocycles. The molecular weight excluding hydrogens is 272 g/mol. The average Bonchev–Trinajstić information content (AvgIpc) is 2.48. The van der Waals surface area contributed by atoms with Gasteiger partial charge in [0.05, 0.1) is 0 Å². The van der Waals surface area contributed by atoms with Crippen molar-refractivity contribution in [3.63, 3.8) is 0 Å². The molecular formula is C13H24N6S. The van der Waals surface area contributed by atoms with Crippen molar-refractivity contribution in [3.8, 4) is 0 Å². The lowest BCUT2D eigenvalue weighted by Gasteiger charge is -2.26. The predicted molar refractivity (Wildman–Crippen MR) is 86.1 cm³/mol. The van der Waals surface area contributed by atoms with E-state index in [0.29, 0.717) is 5.82 Å². The van der Waals surface area contributed by atoms with Crippen LogP contribution in [-0.4, -0.2) is 52.6 Å². The maximum Gasteiger partial charge on any atom is 0.145 e. The molecule has 1 aliphatic rings. The van der Waals surface area contributed by atoms with Gasteiger partial charge in [-0.1, -0.05) is 6.92 Å². The molecule has 112 valence electrons. The molecule has 0 radical (unpaired) electrons. The zero-order valence-corrected chi connectivity index (χ0v) is 12.9. The van der Waals surface area contributed by atoms with E-state index in [2.05, 4.69) is 32.5 Å². The number of hydrazine groups is 1. The number of nitrogens with zero attached hydrogens (tertiary/aromatic N) is 3. The van der Waals surface area contributed by atoms with Gasteiger partial charge in [0.25, 0.3) is 0 Å². The molecule has 1 aromatic rings. The highest BCUT2D eigenvalue weighted by atomic mass is 32.2. The zero-order chi connectivity index (χ0) is 14.2. The van der Waals surface area contributed by atoms with Gasteiger partial charge in [0.2, 0.25) is 0 Å². The van der Waals surface area contributed by atoms with E-state index in [0.717, 1.165) is 37.6 Å². The van der Waals surface area contributed by atoms with E-state index < -0.39 is 0 Å². The summed E-state index contributed by atoms with van der Waals surface area (Å²) in [5.74, 6) is 10.3. The summed E-state index contributed by atoms with van der Waals surface area (Å²) in [4.78, 5) is 11.3. The average molecular weight is 296 g/mol. The van der Waals surface area contributed by atoms with Crippen LogP contribution in [0, 0.1) is 0 Å². The summed E-state index contributed by atoms with van der Waals surface area (Å²) < 4.78 is 0. The molecule has 0 spiro atoms. The molecule has 0 atom stereocenters. The van der Waals surface area contributed by atoms with Crippen molar-refractivity contribution in [2.45, 2.75) is 19.8 Å². The highest BCUT2D eigenvalue weighted by Crippen LogP contribution is 2.12. The van der Waals surface area contributed by atoms with E-state index in [1.165, 1.54) is 24.6 Å². The summed E-state index contributed by atoms with van der Waals surface area (Å²) in [6.45, 7) is 6.45. The Kier molecular flexibility index (Phi) is 6.35. The fraction of sp³-hybridized carbons (Fsp3) is 0.692. The third-order valence-corrected chi connectivity index (χ3v) is 4.17. The number of thioether (sulfide) groups is 1. The molecule has 1 aliphatic heterocycles. The topological polar surface area (TPSA) is 79.1 Å². The standard InChI is InChI=1S/C13H24N6S/c1-2-3-11-16-12(10-13(17-11)18-14)15-4-5-19-6-8-20-9-7-19/h10H,2-9,14H2,1H3,(H2,15,16,17,18).